The average Bonchev–Trinajstić information content (AvgIpc) is 3.08. The first-order valence-corrected chi connectivity index (χ1v) is 20.2. The topological polar surface area (TPSA) is 61.8 Å². The van der Waals surface area contributed by atoms with Crippen molar-refractivity contribution in [2.75, 3.05) is 19.8 Å². The molecular weight excluding hydrogens is 596 g/mol. The quantitative estimate of drug-likeness (QED) is 0.0376. The maximum atomic E-state index is 12.6. The number of rotatable bonds is 36. The van der Waals surface area contributed by atoms with Crippen LogP contribution in [0.1, 0.15) is 188 Å². The van der Waals surface area contributed by atoms with Gasteiger partial charge in [-0.3, -0.25) is 9.59 Å². The van der Waals surface area contributed by atoms with E-state index in [1.54, 1.807) is 0 Å². The zero-order chi connectivity index (χ0) is 35.0. The predicted octanol–water partition coefficient (Wildman–Crippen LogP) is 12.9. The van der Waals surface area contributed by atoms with Crippen molar-refractivity contribution in [3.63, 3.8) is 0 Å². The SMILES string of the molecule is CC/C=C\C/C=C\C/C=C\C/C=C\CCCCCCC(=O)OCC(COCCCCCCCC)OC(=O)CCCCCCCCCCC. The van der Waals surface area contributed by atoms with Crippen molar-refractivity contribution in [2.24, 2.45) is 0 Å². The van der Waals surface area contributed by atoms with Gasteiger partial charge in [-0.05, 0) is 57.8 Å². The Bertz CT molecular complexity index is 812. The highest BCUT2D eigenvalue weighted by molar-refractivity contribution is 5.70. The highest BCUT2D eigenvalue weighted by atomic mass is 16.6. The number of unbranched alkanes of at least 4 members (excludes halogenated alkanes) is 17. The standard InChI is InChI=1S/C43H76O5/c1-4-7-10-13-16-18-19-20-21-22-23-24-25-27-28-30-33-36-42(44)47-40-41(39-46-38-35-32-15-12-9-6-3)48-43(45)37-34-31-29-26-17-14-11-8-5-2/h7,10,16,18,20-21,23-24,41H,4-6,8-9,11-15,17,19,22,25-40H2,1-3H3/b10-7-,18-16-,21-20-,24-23-. The lowest BCUT2D eigenvalue weighted by atomic mass is 10.1. The molecule has 0 fully saturated rings. The van der Waals surface area contributed by atoms with E-state index in [0.717, 1.165) is 83.5 Å². The molecule has 0 aliphatic carbocycles. The first-order valence-electron chi connectivity index (χ1n) is 20.2. The Balaban J connectivity index is 4.16. The van der Waals surface area contributed by atoms with Gasteiger partial charge in [0.1, 0.15) is 6.61 Å². The fourth-order valence-corrected chi connectivity index (χ4v) is 5.38. The summed E-state index contributed by atoms with van der Waals surface area (Å²) in [5.74, 6) is -0.430. The summed E-state index contributed by atoms with van der Waals surface area (Å²) in [4.78, 5) is 25.0. The molecule has 0 spiro atoms. The lowest BCUT2D eigenvalue weighted by Crippen LogP contribution is -2.30. The van der Waals surface area contributed by atoms with Crippen LogP contribution in [0.3, 0.4) is 0 Å². The molecule has 1 atom stereocenters. The summed E-state index contributed by atoms with van der Waals surface area (Å²) in [7, 11) is 0. The van der Waals surface area contributed by atoms with E-state index in [1.165, 1.54) is 70.6 Å². The van der Waals surface area contributed by atoms with Crippen LogP contribution in [0.4, 0.5) is 0 Å². The fraction of sp³-hybridized carbons (Fsp3) is 0.767. The number of allylic oxidation sites excluding steroid dienone is 8. The van der Waals surface area contributed by atoms with Gasteiger partial charge in [-0.1, -0.05) is 166 Å². The number of esters is 2. The van der Waals surface area contributed by atoms with Crippen molar-refractivity contribution in [1.29, 1.82) is 0 Å². The maximum Gasteiger partial charge on any atom is 0.306 e. The van der Waals surface area contributed by atoms with Crippen LogP contribution < -0.4 is 0 Å². The van der Waals surface area contributed by atoms with Crippen molar-refractivity contribution >= 4 is 11.9 Å². The Labute approximate surface area is 297 Å². The molecule has 0 saturated heterocycles. The Kier molecular flexibility index (Phi) is 37.5. The lowest BCUT2D eigenvalue weighted by molar-refractivity contribution is -0.163. The van der Waals surface area contributed by atoms with Crippen LogP contribution in [0.25, 0.3) is 0 Å². The molecule has 5 heteroatoms. The van der Waals surface area contributed by atoms with E-state index in [4.69, 9.17) is 14.2 Å². The molecule has 0 bridgehead atoms. The molecule has 0 aliphatic heterocycles. The summed E-state index contributed by atoms with van der Waals surface area (Å²) in [5, 5.41) is 0. The highest BCUT2D eigenvalue weighted by Gasteiger charge is 2.17. The van der Waals surface area contributed by atoms with E-state index in [-0.39, 0.29) is 25.2 Å². The van der Waals surface area contributed by atoms with Crippen molar-refractivity contribution < 1.29 is 23.8 Å². The lowest BCUT2D eigenvalue weighted by Gasteiger charge is -2.18. The minimum absolute atomic E-state index is 0.0741. The summed E-state index contributed by atoms with van der Waals surface area (Å²) < 4.78 is 17.1. The van der Waals surface area contributed by atoms with E-state index in [0.29, 0.717) is 19.4 Å². The molecule has 278 valence electrons. The third-order valence-electron chi connectivity index (χ3n) is 8.38. The molecule has 0 aliphatic rings. The zero-order valence-electron chi connectivity index (χ0n) is 31.7. The van der Waals surface area contributed by atoms with Crippen LogP contribution in [-0.4, -0.2) is 37.9 Å². The van der Waals surface area contributed by atoms with Gasteiger partial charge >= 0.3 is 11.9 Å². The number of carbonyl (C=O) groups excluding carboxylic acids is 2. The van der Waals surface area contributed by atoms with Gasteiger partial charge < -0.3 is 14.2 Å². The third-order valence-corrected chi connectivity index (χ3v) is 8.38. The molecule has 0 rings (SSSR count). The van der Waals surface area contributed by atoms with E-state index >= 15 is 0 Å². The maximum absolute atomic E-state index is 12.6. The van der Waals surface area contributed by atoms with Crippen LogP contribution in [0.15, 0.2) is 48.6 Å². The van der Waals surface area contributed by atoms with E-state index in [1.807, 2.05) is 0 Å². The second-order valence-electron chi connectivity index (χ2n) is 13.2. The van der Waals surface area contributed by atoms with Gasteiger partial charge in [0.15, 0.2) is 6.10 Å². The van der Waals surface area contributed by atoms with Gasteiger partial charge in [0.25, 0.3) is 0 Å². The van der Waals surface area contributed by atoms with Crippen LogP contribution in [0, 0.1) is 0 Å². The Hall–Kier alpha value is -2.14. The Morgan fingerprint density at radius 1 is 0.479 bits per heavy atom. The summed E-state index contributed by atoms with van der Waals surface area (Å²) in [6.07, 6.45) is 45.4. The molecule has 0 N–H and O–H groups in total. The Morgan fingerprint density at radius 2 is 0.938 bits per heavy atom. The van der Waals surface area contributed by atoms with Crippen LogP contribution in [-0.2, 0) is 23.8 Å². The van der Waals surface area contributed by atoms with Gasteiger partial charge in [-0.25, -0.2) is 0 Å². The van der Waals surface area contributed by atoms with Crippen molar-refractivity contribution in [1.82, 2.24) is 0 Å². The number of carbonyl (C=O) groups is 2. The van der Waals surface area contributed by atoms with Crippen LogP contribution >= 0.6 is 0 Å². The Morgan fingerprint density at radius 3 is 1.50 bits per heavy atom. The molecule has 0 amide bonds. The highest BCUT2D eigenvalue weighted by Crippen LogP contribution is 2.12. The number of hydrogen-bond acceptors (Lipinski definition) is 5. The summed E-state index contributed by atoms with van der Waals surface area (Å²) in [5.41, 5.74) is 0. The van der Waals surface area contributed by atoms with E-state index in [9.17, 15) is 9.59 Å². The van der Waals surface area contributed by atoms with Gasteiger partial charge in [0, 0.05) is 19.4 Å². The van der Waals surface area contributed by atoms with Crippen LogP contribution in [0.5, 0.6) is 0 Å². The minimum atomic E-state index is -0.536. The van der Waals surface area contributed by atoms with Gasteiger partial charge in [0.05, 0.1) is 6.61 Å². The second-order valence-corrected chi connectivity index (χ2v) is 13.2. The smallest absolute Gasteiger partial charge is 0.306 e. The summed E-state index contributed by atoms with van der Waals surface area (Å²) >= 11 is 0. The summed E-state index contributed by atoms with van der Waals surface area (Å²) in [6.45, 7) is 7.62. The molecule has 0 saturated carbocycles. The van der Waals surface area contributed by atoms with Crippen molar-refractivity contribution in [3.8, 4) is 0 Å². The zero-order valence-corrected chi connectivity index (χ0v) is 31.7. The first kappa shape index (κ1) is 45.9. The molecule has 0 radical (unpaired) electrons. The van der Waals surface area contributed by atoms with Crippen LogP contribution in [0.2, 0.25) is 0 Å². The predicted molar refractivity (Wildman–Crippen MR) is 205 cm³/mol. The third kappa shape index (κ3) is 36.7. The molecular formula is C43H76O5. The number of ether oxygens (including phenoxy) is 3. The molecule has 1 unspecified atom stereocenters. The molecule has 0 heterocycles. The first-order chi connectivity index (χ1) is 23.6. The monoisotopic (exact) mass is 673 g/mol. The minimum Gasteiger partial charge on any atom is -0.462 e. The van der Waals surface area contributed by atoms with Crippen molar-refractivity contribution in [3.05, 3.63) is 48.6 Å². The van der Waals surface area contributed by atoms with E-state index in [2.05, 4.69) is 69.4 Å². The van der Waals surface area contributed by atoms with Gasteiger partial charge in [0.2, 0.25) is 0 Å². The average molecular weight is 673 g/mol. The van der Waals surface area contributed by atoms with E-state index < -0.39 is 6.10 Å². The van der Waals surface area contributed by atoms with Gasteiger partial charge in [-0.2, -0.15) is 0 Å². The summed E-state index contributed by atoms with van der Waals surface area (Å²) in [6, 6.07) is 0. The molecule has 0 aromatic carbocycles. The second kappa shape index (κ2) is 39.3. The molecule has 48 heavy (non-hydrogen) atoms. The largest absolute Gasteiger partial charge is 0.462 e. The van der Waals surface area contributed by atoms with Gasteiger partial charge in [-0.15, -0.1) is 0 Å². The fourth-order valence-electron chi connectivity index (χ4n) is 5.38. The number of hydrogen-bond donors (Lipinski definition) is 0. The molecule has 0 aromatic heterocycles. The normalized spacial score (nSPS) is 12.6. The molecule has 5 nitrogen and oxygen atoms in total. The van der Waals surface area contributed by atoms with Crippen molar-refractivity contribution in [2.45, 2.75) is 194 Å². The molecule has 0 aromatic rings.